The summed E-state index contributed by atoms with van der Waals surface area (Å²) in [4.78, 5) is 9.62. The lowest BCUT2D eigenvalue weighted by molar-refractivity contribution is 0.601. The van der Waals surface area contributed by atoms with Crippen molar-refractivity contribution in [3.8, 4) is 0 Å². The molecule has 0 spiro atoms. The zero-order valence-corrected chi connectivity index (χ0v) is 14.4. The number of hydrogen-bond donors (Lipinski definition) is 1. The zero-order valence-electron chi connectivity index (χ0n) is 12.0. The number of aryl methyl sites for hydroxylation is 1. The molecule has 1 aromatic carbocycles. The second-order valence-electron chi connectivity index (χ2n) is 4.53. The van der Waals surface area contributed by atoms with Crippen LogP contribution in [0.5, 0.6) is 0 Å². The lowest BCUT2D eigenvalue weighted by atomic mass is 10.3. The molecule has 0 bridgehead atoms. The third-order valence-electron chi connectivity index (χ3n) is 2.80. The molecular weight excluding hydrogens is 353 g/mol. The number of hydrogen-bond acceptors (Lipinski definition) is 4. The molecule has 6 heteroatoms. The Hall–Kier alpha value is -1.14. The quantitative estimate of drug-likeness (QED) is 0.742. The van der Waals surface area contributed by atoms with Gasteiger partial charge in [0, 0.05) is 15.9 Å². The molecule has 2 rings (SSSR count). The van der Waals surface area contributed by atoms with Gasteiger partial charge in [0.2, 0.25) is 0 Å². The molecule has 0 aliphatic rings. The Balaban J connectivity index is 2.13. The maximum Gasteiger partial charge on any atom is 0.186 e. The van der Waals surface area contributed by atoms with Gasteiger partial charge in [-0.05, 0) is 41.4 Å². The van der Waals surface area contributed by atoms with Crippen molar-refractivity contribution in [1.29, 1.82) is 0 Å². The third kappa shape index (κ3) is 4.41. The van der Waals surface area contributed by atoms with Crippen LogP contribution in [0, 0.1) is 12.7 Å². The monoisotopic (exact) mass is 369 g/mol. The number of halogens is 2. The molecular formula is C15H17BrFN3S. The molecule has 2 aromatic rings. The maximum absolute atomic E-state index is 13.9. The van der Waals surface area contributed by atoms with Crippen molar-refractivity contribution in [2.45, 2.75) is 30.9 Å². The lowest BCUT2D eigenvalue weighted by Crippen LogP contribution is -2.09. The Bertz CT molecular complexity index is 622. The van der Waals surface area contributed by atoms with Gasteiger partial charge < -0.3 is 5.32 Å². The van der Waals surface area contributed by atoms with E-state index in [1.807, 2.05) is 31.2 Å². The molecule has 0 radical (unpaired) electrons. The topological polar surface area (TPSA) is 37.8 Å². The SMILES string of the molecule is CCCNc1nc(CSc2ccccc2Br)nc(C)c1F. The molecule has 21 heavy (non-hydrogen) atoms. The van der Waals surface area contributed by atoms with Gasteiger partial charge in [-0.15, -0.1) is 11.8 Å². The molecule has 0 saturated heterocycles. The largest absolute Gasteiger partial charge is 0.368 e. The molecule has 0 fully saturated rings. The minimum Gasteiger partial charge on any atom is -0.368 e. The van der Waals surface area contributed by atoms with Crippen LogP contribution >= 0.6 is 27.7 Å². The second kappa shape index (κ2) is 7.75. The minimum absolute atomic E-state index is 0.298. The summed E-state index contributed by atoms with van der Waals surface area (Å²) in [5, 5.41) is 3.01. The molecule has 0 aliphatic carbocycles. The fourth-order valence-corrected chi connectivity index (χ4v) is 3.17. The molecule has 1 heterocycles. The molecule has 0 saturated carbocycles. The molecule has 0 amide bonds. The number of anilines is 1. The standard InChI is InChI=1S/C15H17BrFN3S/c1-3-8-18-15-14(17)10(2)19-13(20-15)9-21-12-7-5-4-6-11(12)16/h4-7H,3,8-9H2,1-2H3,(H,18,19,20). The first-order valence-corrected chi connectivity index (χ1v) is 8.54. The van der Waals surface area contributed by atoms with Gasteiger partial charge in [0.1, 0.15) is 5.82 Å². The lowest BCUT2D eigenvalue weighted by Gasteiger charge is -2.09. The van der Waals surface area contributed by atoms with E-state index in [0.29, 0.717) is 29.6 Å². The Labute approximate surface area is 136 Å². The molecule has 1 N–H and O–H groups in total. The van der Waals surface area contributed by atoms with Crippen molar-refractivity contribution < 1.29 is 4.39 Å². The fraction of sp³-hybridized carbons (Fsp3) is 0.333. The van der Waals surface area contributed by atoms with Crippen molar-refractivity contribution in [3.63, 3.8) is 0 Å². The highest BCUT2D eigenvalue weighted by Gasteiger charge is 2.11. The predicted molar refractivity (Wildman–Crippen MR) is 89.2 cm³/mol. The smallest absolute Gasteiger partial charge is 0.186 e. The van der Waals surface area contributed by atoms with Crippen LogP contribution in [0.1, 0.15) is 24.9 Å². The molecule has 0 atom stereocenters. The first kappa shape index (κ1) is 16.2. The highest BCUT2D eigenvalue weighted by Crippen LogP contribution is 2.29. The normalized spacial score (nSPS) is 10.7. The first-order chi connectivity index (χ1) is 10.1. The number of nitrogens with zero attached hydrogens (tertiary/aromatic N) is 2. The van der Waals surface area contributed by atoms with Crippen LogP contribution in [-0.2, 0) is 5.75 Å². The number of rotatable bonds is 6. The Morgan fingerprint density at radius 2 is 2.05 bits per heavy atom. The van der Waals surface area contributed by atoms with Gasteiger partial charge in [-0.25, -0.2) is 14.4 Å². The average Bonchev–Trinajstić information content (AvgIpc) is 2.48. The minimum atomic E-state index is -0.363. The van der Waals surface area contributed by atoms with Crippen LogP contribution in [-0.4, -0.2) is 16.5 Å². The average molecular weight is 370 g/mol. The van der Waals surface area contributed by atoms with E-state index >= 15 is 0 Å². The van der Waals surface area contributed by atoms with E-state index in [2.05, 4.69) is 31.2 Å². The van der Waals surface area contributed by atoms with Gasteiger partial charge in [0.05, 0.1) is 11.4 Å². The molecule has 112 valence electrons. The van der Waals surface area contributed by atoms with E-state index in [1.165, 1.54) is 0 Å². The third-order valence-corrected chi connectivity index (χ3v) is 4.82. The summed E-state index contributed by atoms with van der Waals surface area (Å²) >= 11 is 5.14. The van der Waals surface area contributed by atoms with Gasteiger partial charge in [0.15, 0.2) is 11.6 Å². The van der Waals surface area contributed by atoms with Crippen molar-refractivity contribution >= 4 is 33.5 Å². The van der Waals surface area contributed by atoms with E-state index in [-0.39, 0.29) is 5.82 Å². The number of thioether (sulfide) groups is 1. The predicted octanol–water partition coefficient (Wildman–Crippen LogP) is 4.80. The van der Waals surface area contributed by atoms with Crippen LogP contribution < -0.4 is 5.32 Å². The summed E-state index contributed by atoms with van der Waals surface area (Å²) in [5.41, 5.74) is 0.381. The van der Waals surface area contributed by atoms with Crippen LogP contribution in [0.25, 0.3) is 0 Å². The van der Waals surface area contributed by atoms with E-state index in [9.17, 15) is 4.39 Å². The summed E-state index contributed by atoms with van der Waals surface area (Å²) < 4.78 is 15.0. The van der Waals surface area contributed by atoms with Crippen LogP contribution in [0.3, 0.4) is 0 Å². The fourth-order valence-electron chi connectivity index (χ4n) is 1.75. The summed E-state index contributed by atoms with van der Waals surface area (Å²) in [7, 11) is 0. The summed E-state index contributed by atoms with van der Waals surface area (Å²) in [6.45, 7) is 4.40. The van der Waals surface area contributed by atoms with E-state index in [4.69, 9.17) is 0 Å². The highest BCUT2D eigenvalue weighted by atomic mass is 79.9. The summed E-state index contributed by atoms with van der Waals surface area (Å²) in [5.74, 6) is 1.17. The van der Waals surface area contributed by atoms with Gasteiger partial charge in [-0.1, -0.05) is 19.1 Å². The van der Waals surface area contributed by atoms with Crippen LogP contribution in [0.2, 0.25) is 0 Å². The molecule has 1 aromatic heterocycles. The number of aromatic nitrogens is 2. The first-order valence-electron chi connectivity index (χ1n) is 6.76. The Kier molecular flexibility index (Phi) is 5.99. The van der Waals surface area contributed by atoms with Crippen LogP contribution in [0.4, 0.5) is 10.2 Å². The second-order valence-corrected chi connectivity index (χ2v) is 6.41. The van der Waals surface area contributed by atoms with Crippen molar-refractivity contribution in [2.24, 2.45) is 0 Å². The highest BCUT2D eigenvalue weighted by molar-refractivity contribution is 9.10. The summed E-state index contributed by atoms with van der Waals surface area (Å²) in [6, 6.07) is 7.98. The van der Waals surface area contributed by atoms with Gasteiger partial charge in [0.25, 0.3) is 0 Å². The molecule has 0 aliphatic heterocycles. The van der Waals surface area contributed by atoms with Gasteiger partial charge in [-0.3, -0.25) is 0 Å². The van der Waals surface area contributed by atoms with Gasteiger partial charge >= 0.3 is 0 Å². The van der Waals surface area contributed by atoms with Crippen molar-refractivity contribution in [2.75, 3.05) is 11.9 Å². The van der Waals surface area contributed by atoms with Crippen molar-refractivity contribution in [1.82, 2.24) is 9.97 Å². The van der Waals surface area contributed by atoms with Crippen molar-refractivity contribution in [3.05, 3.63) is 46.1 Å². The van der Waals surface area contributed by atoms with Crippen LogP contribution in [0.15, 0.2) is 33.6 Å². The Morgan fingerprint density at radius 3 is 2.76 bits per heavy atom. The number of benzene rings is 1. The summed E-state index contributed by atoms with van der Waals surface area (Å²) in [6.07, 6.45) is 0.920. The van der Waals surface area contributed by atoms with E-state index in [0.717, 1.165) is 15.8 Å². The van der Waals surface area contributed by atoms with E-state index in [1.54, 1.807) is 18.7 Å². The zero-order chi connectivity index (χ0) is 15.2. The Morgan fingerprint density at radius 1 is 1.29 bits per heavy atom. The molecule has 0 unspecified atom stereocenters. The molecule has 3 nitrogen and oxygen atoms in total. The number of nitrogens with one attached hydrogen (secondary N) is 1. The van der Waals surface area contributed by atoms with Gasteiger partial charge in [-0.2, -0.15) is 0 Å². The van der Waals surface area contributed by atoms with E-state index < -0.39 is 0 Å². The maximum atomic E-state index is 13.9.